The second-order valence-electron chi connectivity index (χ2n) is 12.5. The van der Waals surface area contributed by atoms with E-state index in [-0.39, 0.29) is 34.9 Å². The van der Waals surface area contributed by atoms with Gasteiger partial charge < -0.3 is 31.6 Å². The van der Waals surface area contributed by atoms with Gasteiger partial charge in [-0.05, 0) is 81.1 Å². The molecule has 258 valence electrons. The molecule has 0 aliphatic heterocycles. The first kappa shape index (κ1) is 39.3. The lowest BCUT2D eigenvalue weighted by atomic mass is 10.1. The molecule has 0 heterocycles. The van der Waals surface area contributed by atoms with Crippen molar-refractivity contribution in [2.75, 3.05) is 19.4 Å². The molecule has 0 aliphatic rings. The first-order valence-corrected chi connectivity index (χ1v) is 19.7. The molecular weight excluding hydrogens is 679 g/mol. The fourth-order valence-electron chi connectivity index (χ4n) is 6.58. The van der Waals surface area contributed by atoms with Crippen LogP contribution in [0.15, 0.2) is 103 Å². The lowest BCUT2D eigenvalue weighted by Gasteiger charge is -2.27. The summed E-state index contributed by atoms with van der Waals surface area (Å²) in [6.07, 6.45) is 16.4. The van der Waals surface area contributed by atoms with Crippen molar-refractivity contribution in [2.45, 2.75) is 90.9 Å². The topological polar surface area (TPSA) is 55.8 Å². The molecule has 4 aromatic carbocycles. The molecule has 48 heavy (non-hydrogen) atoms. The number of halogens is 1. The molecule has 1 N–H and O–H groups in total. The van der Waals surface area contributed by atoms with Gasteiger partial charge in [-0.25, -0.2) is 4.79 Å². The number of phenolic OH excluding ortho intramolecular Hbond substituents is 1. The minimum absolute atomic E-state index is 0. The average Bonchev–Trinajstić information content (AvgIpc) is 3.09. The van der Waals surface area contributed by atoms with Gasteiger partial charge in [0, 0.05) is 6.07 Å². The van der Waals surface area contributed by atoms with Gasteiger partial charge in [0.1, 0.15) is 40.2 Å². The SMILES string of the molecule is CCOC(=O)c1c(C)cc(OCCCCCCCCCCCCCC[P+](c2ccccc2)(c2ccccc2)c2ccccc2)cc1O.[Br-]. The highest BCUT2D eigenvalue weighted by Gasteiger charge is 2.44. The maximum absolute atomic E-state index is 12.0. The molecule has 4 aromatic rings. The molecule has 0 aromatic heterocycles. The molecule has 0 amide bonds. The Labute approximate surface area is 300 Å². The molecule has 0 saturated heterocycles. The molecule has 0 unspecified atom stereocenters. The Kier molecular flexibility index (Phi) is 17.8. The minimum atomic E-state index is -1.70. The lowest BCUT2D eigenvalue weighted by molar-refractivity contribution is -0.0000304. The fourth-order valence-corrected chi connectivity index (χ4v) is 11.0. The van der Waals surface area contributed by atoms with Crippen LogP contribution >= 0.6 is 7.26 Å². The number of aryl methyl sites for hydroxylation is 1. The Morgan fingerprint density at radius 3 is 1.46 bits per heavy atom. The third kappa shape index (κ3) is 11.5. The summed E-state index contributed by atoms with van der Waals surface area (Å²) >= 11 is 0. The van der Waals surface area contributed by atoms with E-state index in [0.29, 0.717) is 17.9 Å². The van der Waals surface area contributed by atoms with Crippen molar-refractivity contribution >= 4 is 29.1 Å². The van der Waals surface area contributed by atoms with E-state index in [4.69, 9.17) is 9.47 Å². The van der Waals surface area contributed by atoms with Gasteiger partial charge in [0.25, 0.3) is 0 Å². The van der Waals surface area contributed by atoms with Gasteiger partial charge in [0.2, 0.25) is 0 Å². The minimum Gasteiger partial charge on any atom is -1.00 e. The predicted molar refractivity (Wildman–Crippen MR) is 200 cm³/mol. The van der Waals surface area contributed by atoms with Crippen molar-refractivity contribution in [1.29, 1.82) is 0 Å². The van der Waals surface area contributed by atoms with E-state index in [1.807, 2.05) is 0 Å². The number of aromatic hydroxyl groups is 1. The molecule has 0 aliphatic carbocycles. The highest BCUT2D eigenvalue weighted by molar-refractivity contribution is 7.95. The van der Waals surface area contributed by atoms with Crippen molar-refractivity contribution in [1.82, 2.24) is 0 Å². The van der Waals surface area contributed by atoms with Gasteiger partial charge in [0.15, 0.2) is 0 Å². The molecule has 6 heteroatoms. The molecule has 0 fully saturated rings. The molecule has 4 nitrogen and oxygen atoms in total. The molecule has 0 radical (unpaired) electrons. The number of hydrogen-bond donors (Lipinski definition) is 1. The number of rotatable bonds is 21. The monoisotopic (exact) mass is 732 g/mol. The van der Waals surface area contributed by atoms with Crippen LogP contribution in [0.5, 0.6) is 11.5 Å². The van der Waals surface area contributed by atoms with Crippen molar-refractivity contribution in [3.05, 3.63) is 114 Å². The van der Waals surface area contributed by atoms with Crippen LogP contribution in [-0.4, -0.2) is 30.5 Å². The van der Waals surface area contributed by atoms with Gasteiger partial charge in [-0.2, -0.15) is 0 Å². The lowest BCUT2D eigenvalue weighted by Crippen LogP contribution is -3.00. The smallest absolute Gasteiger partial charge is 0.342 e. The van der Waals surface area contributed by atoms with Crippen LogP contribution in [0, 0.1) is 6.92 Å². The Balaban J connectivity index is 0.00000625. The third-order valence-corrected chi connectivity index (χ3v) is 13.5. The van der Waals surface area contributed by atoms with Crippen LogP contribution in [0.25, 0.3) is 0 Å². The number of carbonyl (C=O) groups excluding carboxylic acids is 1. The summed E-state index contributed by atoms with van der Waals surface area (Å²) in [5.74, 6) is 0.00695. The summed E-state index contributed by atoms with van der Waals surface area (Å²) in [6, 6.07) is 37.0. The second-order valence-corrected chi connectivity index (χ2v) is 16.1. The Bertz CT molecular complexity index is 1340. The molecule has 0 saturated carbocycles. The van der Waals surface area contributed by atoms with Crippen molar-refractivity contribution in [2.24, 2.45) is 0 Å². The summed E-state index contributed by atoms with van der Waals surface area (Å²) in [6.45, 7) is 4.43. The number of unbranched alkanes of at least 4 members (excludes halogenated alkanes) is 11. The standard InChI is InChI=1S/C42H53O4P.BrH/c1-3-45-42(44)41-35(2)33-36(34-40(41)43)46-31-23-12-10-8-6-4-5-7-9-11-13-24-32-47(37-25-17-14-18-26-37,38-27-19-15-20-28-38)39-29-21-16-22-30-39;/h14-22,25-30,33-34H,3-13,23-24,31-32H2,1-2H3;1H. The summed E-state index contributed by atoms with van der Waals surface area (Å²) in [7, 11) is -1.70. The van der Waals surface area contributed by atoms with Crippen LogP contribution in [0.1, 0.15) is 99.9 Å². The zero-order chi connectivity index (χ0) is 33.2. The van der Waals surface area contributed by atoms with Gasteiger partial charge >= 0.3 is 5.97 Å². The van der Waals surface area contributed by atoms with Crippen molar-refractivity contribution in [3.63, 3.8) is 0 Å². The number of phenols is 1. The normalized spacial score (nSPS) is 11.1. The van der Waals surface area contributed by atoms with Crippen LogP contribution in [0.3, 0.4) is 0 Å². The second kappa shape index (κ2) is 21.8. The summed E-state index contributed by atoms with van der Waals surface area (Å²) in [5.41, 5.74) is 0.879. The number of hydrogen-bond acceptors (Lipinski definition) is 4. The van der Waals surface area contributed by atoms with E-state index < -0.39 is 13.2 Å². The van der Waals surface area contributed by atoms with E-state index in [1.165, 1.54) is 92.4 Å². The zero-order valence-corrected chi connectivity index (χ0v) is 31.4. The Morgan fingerprint density at radius 2 is 1.04 bits per heavy atom. The number of ether oxygens (including phenoxy) is 2. The van der Waals surface area contributed by atoms with Crippen LogP contribution in [0.4, 0.5) is 0 Å². The molecule has 4 rings (SSSR count). The van der Waals surface area contributed by atoms with Crippen LogP contribution < -0.4 is 37.6 Å². The van der Waals surface area contributed by atoms with Gasteiger partial charge in [-0.15, -0.1) is 0 Å². The van der Waals surface area contributed by atoms with E-state index in [1.54, 1.807) is 19.9 Å². The summed E-state index contributed by atoms with van der Waals surface area (Å²) in [5, 5.41) is 14.7. The summed E-state index contributed by atoms with van der Waals surface area (Å²) in [4.78, 5) is 12.0. The van der Waals surface area contributed by atoms with Crippen LogP contribution in [0.2, 0.25) is 0 Å². The number of benzene rings is 4. The van der Waals surface area contributed by atoms with Crippen molar-refractivity contribution in [3.8, 4) is 11.5 Å². The zero-order valence-electron chi connectivity index (χ0n) is 28.9. The fraction of sp³-hybridized carbons (Fsp3) is 0.405. The van der Waals surface area contributed by atoms with E-state index in [0.717, 1.165) is 12.8 Å². The predicted octanol–water partition coefficient (Wildman–Crippen LogP) is 6.94. The first-order valence-electron chi connectivity index (χ1n) is 17.7. The highest BCUT2D eigenvalue weighted by atomic mass is 79.9. The van der Waals surface area contributed by atoms with Gasteiger partial charge in [-0.3, -0.25) is 0 Å². The third-order valence-electron chi connectivity index (χ3n) is 9.02. The number of esters is 1. The Hall–Kier alpha value is -3.14. The van der Waals surface area contributed by atoms with Crippen molar-refractivity contribution < 1.29 is 36.4 Å². The molecular formula is C42H54BrO4P. The molecule has 0 spiro atoms. The van der Waals surface area contributed by atoms with E-state index in [9.17, 15) is 9.90 Å². The van der Waals surface area contributed by atoms with E-state index >= 15 is 0 Å². The largest absolute Gasteiger partial charge is 1.00 e. The molecule has 0 atom stereocenters. The summed E-state index contributed by atoms with van der Waals surface area (Å²) < 4.78 is 10.9. The number of carbonyl (C=O) groups is 1. The first-order chi connectivity index (χ1) is 23.1. The average molecular weight is 734 g/mol. The maximum atomic E-state index is 12.0. The Morgan fingerprint density at radius 1 is 0.625 bits per heavy atom. The van der Waals surface area contributed by atoms with Gasteiger partial charge in [0.05, 0.1) is 19.4 Å². The highest BCUT2D eigenvalue weighted by Crippen LogP contribution is 2.56. The van der Waals surface area contributed by atoms with E-state index in [2.05, 4.69) is 91.0 Å². The molecule has 0 bridgehead atoms. The maximum Gasteiger partial charge on any atom is 0.342 e. The van der Waals surface area contributed by atoms with Gasteiger partial charge in [-0.1, -0.05) is 112 Å². The van der Waals surface area contributed by atoms with Crippen LogP contribution in [-0.2, 0) is 4.74 Å². The quantitative estimate of drug-likeness (QED) is 0.0574.